The molecule has 0 saturated carbocycles. The topological polar surface area (TPSA) is 64.6 Å². The van der Waals surface area contributed by atoms with Gasteiger partial charge in [-0.05, 0) is 12.8 Å². The van der Waals surface area contributed by atoms with Crippen LogP contribution < -0.4 is 10.2 Å². The Balaban J connectivity index is -0.000000180. The zero-order valence-corrected chi connectivity index (χ0v) is 12.2. The van der Waals surface area contributed by atoms with Crippen LogP contribution in [-0.2, 0) is 9.47 Å². The van der Waals surface area contributed by atoms with E-state index in [1.165, 1.54) is 0 Å². The molecule has 0 saturated heterocycles. The summed E-state index contributed by atoms with van der Waals surface area (Å²) in [6.45, 7) is 6.00. The van der Waals surface area contributed by atoms with Crippen molar-refractivity contribution in [2.45, 2.75) is 26.7 Å². The third kappa shape index (κ3) is 31.3. The molecular weight excluding hydrogens is 224 g/mol. The molecule has 4 nitrogen and oxygen atoms in total. The average molecular weight is 246 g/mol. The third-order valence-corrected chi connectivity index (χ3v) is 1.15. The van der Waals surface area contributed by atoms with E-state index >= 15 is 0 Å². The molecule has 15 heavy (non-hydrogen) atoms. The van der Waals surface area contributed by atoms with Gasteiger partial charge in [0.15, 0.2) is 0 Å². The molecule has 5 heteroatoms. The van der Waals surface area contributed by atoms with Gasteiger partial charge in [0.1, 0.15) is 0 Å². The van der Waals surface area contributed by atoms with Gasteiger partial charge in [0.2, 0.25) is 0 Å². The van der Waals surface area contributed by atoms with E-state index in [1.807, 2.05) is 13.8 Å². The fourth-order valence-electron chi connectivity index (χ4n) is 0.611. The van der Waals surface area contributed by atoms with Crippen LogP contribution in [0.15, 0.2) is 0 Å². The van der Waals surface area contributed by atoms with Crippen molar-refractivity contribution in [3.05, 3.63) is 0 Å². The molecular formula is C10H22CaO4. The maximum Gasteiger partial charge on any atom is 2.00 e. The summed E-state index contributed by atoms with van der Waals surface area (Å²) in [5.41, 5.74) is 0. The zero-order valence-electron chi connectivity index (χ0n) is 10.00. The fourth-order valence-corrected chi connectivity index (χ4v) is 0.611. The molecule has 0 N–H and O–H groups in total. The molecule has 0 unspecified atom stereocenters. The SMILES string of the molecule is CCCOCC[O-].CCCOCC[O-].[Ca+2]. The quantitative estimate of drug-likeness (QED) is 0.414. The van der Waals surface area contributed by atoms with Gasteiger partial charge in [0.25, 0.3) is 0 Å². The Kier molecular flexibility index (Phi) is 34.7. The van der Waals surface area contributed by atoms with Gasteiger partial charge in [-0.25, -0.2) is 0 Å². The van der Waals surface area contributed by atoms with E-state index in [-0.39, 0.29) is 51.0 Å². The summed E-state index contributed by atoms with van der Waals surface area (Å²) >= 11 is 0. The fraction of sp³-hybridized carbons (Fsp3) is 1.00. The van der Waals surface area contributed by atoms with Crippen LogP contribution in [0.25, 0.3) is 0 Å². The summed E-state index contributed by atoms with van der Waals surface area (Å²) in [7, 11) is 0. The molecule has 0 fully saturated rings. The second kappa shape index (κ2) is 24.4. The number of rotatable bonds is 8. The van der Waals surface area contributed by atoms with Crippen LogP contribution in [0.4, 0.5) is 0 Å². The van der Waals surface area contributed by atoms with Crippen molar-refractivity contribution in [3.63, 3.8) is 0 Å². The zero-order chi connectivity index (χ0) is 11.1. The minimum absolute atomic E-state index is 0. The minimum atomic E-state index is -0.111. The van der Waals surface area contributed by atoms with Crippen LogP contribution in [0, 0.1) is 0 Å². The normalized spacial score (nSPS) is 8.80. The van der Waals surface area contributed by atoms with Crippen LogP contribution >= 0.6 is 0 Å². The molecule has 0 heterocycles. The Morgan fingerprint density at radius 2 is 1.07 bits per heavy atom. The van der Waals surface area contributed by atoms with Crippen molar-refractivity contribution in [3.8, 4) is 0 Å². The van der Waals surface area contributed by atoms with Crippen molar-refractivity contribution in [1.82, 2.24) is 0 Å². The van der Waals surface area contributed by atoms with E-state index in [0.29, 0.717) is 13.2 Å². The Hall–Kier alpha value is 1.10. The van der Waals surface area contributed by atoms with E-state index in [4.69, 9.17) is 9.47 Å². The number of ether oxygens (including phenoxy) is 2. The molecule has 0 rings (SSSR count). The summed E-state index contributed by atoms with van der Waals surface area (Å²) in [6, 6.07) is 0. The van der Waals surface area contributed by atoms with Crippen LogP contribution in [0.1, 0.15) is 26.7 Å². The average Bonchev–Trinajstić information content (AvgIpc) is 2.21. The standard InChI is InChI=1S/2C5H11O2.Ca/c2*1-2-4-7-5-3-6;/h2*2-5H2,1H3;/q2*-1;+2. The summed E-state index contributed by atoms with van der Waals surface area (Å²) in [5.74, 6) is 0. The largest absolute Gasteiger partial charge is 2.00 e. The smallest absolute Gasteiger partial charge is 0.853 e. The predicted molar refractivity (Wildman–Crippen MR) is 57.7 cm³/mol. The van der Waals surface area contributed by atoms with Gasteiger partial charge in [0, 0.05) is 26.4 Å². The van der Waals surface area contributed by atoms with E-state index in [9.17, 15) is 10.2 Å². The van der Waals surface area contributed by atoms with Gasteiger partial charge in [-0.2, -0.15) is 0 Å². The number of hydrogen-bond acceptors (Lipinski definition) is 4. The molecule has 0 aromatic rings. The summed E-state index contributed by atoms with van der Waals surface area (Å²) in [6.07, 6.45) is 2.00. The van der Waals surface area contributed by atoms with Gasteiger partial charge in [0.05, 0.1) is 0 Å². The van der Waals surface area contributed by atoms with Gasteiger partial charge < -0.3 is 19.7 Å². The predicted octanol–water partition coefficient (Wildman–Crippen LogP) is -0.834. The van der Waals surface area contributed by atoms with Crippen molar-refractivity contribution in [2.75, 3.05) is 39.6 Å². The van der Waals surface area contributed by atoms with Crippen LogP contribution in [-0.4, -0.2) is 77.4 Å². The molecule has 0 aromatic heterocycles. The van der Waals surface area contributed by atoms with E-state index in [2.05, 4.69) is 0 Å². The molecule has 0 spiro atoms. The second-order valence-electron chi connectivity index (χ2n) is 2.63. The third-order valence-electron chi connectivity index (χ3n) is 1.15. The monoisotopic (exact) mass is 246 g/mol. The molecule has 0 atom stereocenters. The maximum atomic E-state index is 9.68. The van der Waals surface area contributed by atoms with Crippen LogP contribution in [0.3, 0.4) is 0 Å². The molecule has 0 bridgehead atoms. The molecule has 0 aliphatic carbocycles. The molecule has 0 radical (unpaired) electrons. The van der Waals surface area contributed by atoms with Crippen LogP contribution in [0.2, 0.25) is 0 Å². The molecule has 0 amide bonds. The van der Waals surface area contributed by atoms with E-state index in [0.717, 1.165) is 26.1 Å². The summed E-state index contributed by atoms with van der Waals surface area (Å²) in [5, 5.41) is 19.4. The van der Waals surface area contributed by atoms with Gasteiger partial charge in [-0.3, -0.25) is 0 Å². The van der Waals surface area contributed by atoms with Gasteiger partial charge >= 0.3 is 37.7 Å². The van der Waals surface area contributed by atoms with E-state index < -0.39 is 0 Å². The Labute approximate surface area is 123 Å². The first-order valence-corrected chi connectivity index (χ1v) is 5.15. The van der Waals surface area contributed by atoms with Gasteiger partial charge in [-0.1, -0.05) is 13.8 Å². The van der Waals surface area contributed by atoms with Crippen molar-refractivity contribution in [2.24, 2.45) is 0 Å². The molecule has 0 aliphatic heterocycles. The maximum absolute atomic E-state index is 9.68. The van der Waals surface area contributed by atoms with Crippen molar-refractivity contribution in [1.29, 1.82) is 0 Å². The van der Waals surface area contributed by atoms with Crippen molar-refractivity contribution >= 4 is 37.7 Å². The number of hydrogen-bond donors (Lipinski definition) is 0. The molecule has 88 valence electrons. The second-order valence-corrected chi connectivity index (χ2v) is 2.63. The molecule has 0 aliphatic rings. The summed E-state index contributed by atoms with van der Waals surface area (Å²) < 4.78 is 9.64. The van der Waals surface area contributed by atoms with Crippen LogP contribution in [0.5, 0.6) is 0 Å². The Morgan fingerprint density at radius 3 is 1.27 bits per heavy atom. The van der Waals surface area contributed by atoms with Gasteiger partial charge in [-0.15, -0.1) is 13.2 Å². The Morgan fingerprint density at radius 1 is 0.733 bits per heavy atom. The first-order chi connectivity index (χ1) is 6.83. The first kappa shape index (κ1) is 21.4. The summed E-state index contributed by atoms with van der Waals surface area (Å²) in [4.78, 5) is 0. The van der Waals surface area contributed by atoms with E-state index in [1.54, 1.807) is 0 Å². The first-order valence-electron chi connectivity index (χ1n) is 5.15. The molecule has 0 aromatic carbocycles. The minimum Gasteiger partial charge on any atom is -0.853 e. The Bertz CT molecular complexity index is 65.8. The van der Waals surface area contributed by atoms with Crippen molar-refractivity contribution < 1.29 is 19.7 Å².